The van der Waals surface area contributed by atoms with Crippen molar-refractivity contribution in [2.24, 2.45) is 10.7 Å². The maximum atomic E-state index is 13.3. The number of carbonyl (C=O) groups is 1. The molecule has 3 rings (SSSR count). The van der Waals surface area contributed by atoms with E-state index in [0.717, 1.165) is 11.3 Å². The van der Waals surface area contributed by atoms with Crippen LogP contribution in [0.25, 0.3) is 0 Å². The highest BCUT2D eigenvalue weighted by atomic mass is 35.5. The fourth-order valence-electron chi connectivity index (χ4n) is 3.02. The summed E-state index contributed by atoms with van der Waals surface area (Å²) >= 11 is 7.41. The number of rotatable bonds is 4. The molecule has 0 aliphatic carbocycles. The number of thiophene rings is 1. The molecule has 1 aromatic carbocycles. The van der Waals surface area contributed by atoms with Gasteiger partial charge >= 0.3 is 0 Å². The molecule has 10 heteroatoms. The first-order valence-corrected chi connectivity index (χ1v) is 11.6. The highest BCUT2D eigenvalue weighted by molar-refractivity contribution is 7.93. The molecule has 2 aromatic rings. The fourth-order valence-corrected chi connectivity index (χ4v) is 6.34. The molecule has 1 atom stereocenters. The molecule has 0 radical (unpaired) electrons. The number of nitrogens with zero attached hydrogens (tertiary/aromatic N) is 1. The number of nitrogens with two attached hydrogens (primary N) is 1. The predicted molar refractivity (Wildman–Crippen MR) is 114 cm³/mol. The molecular formula is C19H21ClFN3O3S2. The molecule has 0 bridgehead atoms. The zero-order valence-electron chi connectivity index (χ0n) is 16.1. The standard InChI is InChI=1S/C19H21ClFN3O3S2/c1-18(2)17(22)24-19(3,10-29(18,26)27)15-13(20)8-14(28-15)16(25)23-9-11-5-4-6-12(21)7-11/h4-8H,9-10H2,1-3H3,(H2,22,24)(H,23,25). The summed E-state index contributed by atoms with van der Waals surface area (Å²) < 4.78 is 37.5. The minimum absolute atomic E-state index is 0.00724. The van der Waals surface area contributed by atoms with E-state index in [1.165, 1.54) is 32.0 Å². The van der Waals surface area contributed by atoms with Gasteiger partial charge in [-0.05, 0) is 44.5 Å². The number of nitrogens with one attached hydrogen (secondary N) is 1. The number of amides is 1. The molecule has 6 nitrogen and oxygen atoms in total. The van der Waals surface area contributed by atoms with Gasteiger partial charge in [0.2, 0.25) is 0 Å². The summed E-state index contributed by atoms with van der Waals surface area (Å²) in [6.07, 6.45) is 0. The van der Waals surface area contributed by atoms with Gasteiger partial charge in [-0.1, -0.05) is 23.7 Å². The van der Waals surface area contributed by atoms with Crippen molar-refractivity contribution < 1.29 is 17.6 Å². The zero-order chi connectivity index (χ0) is 21.6. The van der Waals surface area contributed by atoms with Crippen LogP contribution in [-0.2, 0) is 21.9 Å². The summed E-state index contributed by atoms with van der Waals surface area (Å²) in [6.45, 7) is 4.81. The molecule has 0 fully saturated rings. The van der Waals surface area contributed by atoms with Crippen molar-refractivity contribution in [3.63, 3.8) is 0 Å². The zero-order valence-corrected chi connectivity index (χ0v) is 18.5. The molecule has 29 heavy (non-hydrogen) atoms. The number of hydrogen-bond acceptors (Lipinski definition) is 6. The van der Waals surface area contributed by atoms with Gasteiger partial charge in [0, 0.05) is 6.54 Å². The third kappa shape index (κ3) is 4.04. The topological polar surface area (TPSA) is 102 Å². The van der Waals surface area contributed by atoms with Crippen molar-refractivity contribution in [2.75, 3.05) is 5.75 Å². The van der Waals surface area contributed by atoms with Crippen molar-refractivity contribution in [2.45, 2.75) is 37.6 Å². The van der Waals surface area contributed by atoms with Crippen LogP contribution in [-0.4, -0.2) is 30.7 Å². The normalized spacial score (nSPS) is 22.7. The molecule has 0 saturated carbocycles. The van der Waals surface area contributed by atoms with E-state index in [1.54, 1.807) is 19.1 Å². The van der Waals surface area contributed by atoms with Gasteiger partial charge in [0.1, 0.15) is 21.9 Å². The van der Waals surface area contributed by atoms with Crippen LogP contribution >= 0.6 is 22.9 Å². The van der Waals surface area contributed by atoms with Gasteiger partial charge in [0.25, 0.3) is 5.91 Å². The number of aliphatic imine (C=N–C) groups is 1. The quantitative estimate of drug-likeness (QED) is 0.735. The molecular weight excluding hydrogens is 437 g/mol. The highest BCUT2D eigenvalue weighted by Gasteiger charge is 2.49. The van der Waals surface area contributed by atoms with Crippen LogP contribution < -0.4 is 11.1 Å². The second kappa shape index (κ2) is 7.37. The average Bonchev–Trinajstić information content (AvgIpc) is 3.00. The summed E-state index contributed by atoms with van der Waals surface area (Å²) in [5, 5.41) is 2.95. The van der Waals surface area contributed by atoms with Crippen LogP contribution in [0.5, 0.6) is 0 Å². The lowest BCUT2D eigenvalue weighted by molar-refractivity contribution is 0.0955. The van der Waals surface area contributed by atoms with Crippen LogP contribution in [0.1, 0.15) is 40.9 Å². The van der Waals surface area contributed by atoms with Gasteiger partial charge in [-0.3, -0.25) is 9.79 Å². The second-order valence-corrected chi connectivity index (χ2v) is 11.6. The molecule has 1 aromatic heterocycles. The van der Waals surface area contributed by atoms with Gasteiger partial charge in [-0.15, -0.1) is 11.3 Å². The van der Waals surface area contributed by atoms with Crippen molar-refractivity contribution in [3.05, 3.63) is 56.5 Å². The maximum absolute atomic E-state index is 13.3. The number of hydrogen-bond donors (Lipinski definition) is 2. The predicted octanol–water partition coefficient (Wildman–Crippen LogP) is 3.25. The minimum atomic E-state index is -3.59. The van der Waals surface area contributed by atoms with Crippen molar-refractivity contribution in [1.82, 2.24) is 5.32 Å². The fraction of sp³-hybridized carbons (Fsp3) is 0.368. The molecule has 1 aliphatic heterocycles. The van der Waals surface area contributed by atoms with Crippen molar-refractivity contribution in [1.29, 1.82) is 0 Å². The Morgan fingerprint density at radius 2 is 2.03 bits per heavy atom. The highest BCUT2D eigenvalue weighted by Crippen LogP contribution is 2.43. The van der Waals surface area contributed by atoms with Gasteiger partial charge in [-0.25, -0.2) is 12.8 Å². The van der Waals surface area contributed by atoms with E-state index in [2.05, 4.69) is 10.3 Å². The number of carbonyl (C=O) groups excluding carboxylic acids is 1. The third-order valence-corrected chi connectivity index (χ3v) is 9.48. The Hall–Kier alpha value is -1.97. The van der Waals surface area contributed by atoms with E-state index in [-0.39, 0.29) is 29.0 Å². The van der Waals surface area contributed by atoms with Gasteiger partial charge in [-0.2, -0.15) is 0 Å². The summed E-state index contributed by atoms with van der Waals surface area (Å²) in [5.41, 5.74) is 5.40. The molecule has 2 heterocycles. The Labute approximate surface area is 177 Å². The number of sulfone groups is 1. The van der Waals surface area contributed by atoms with E-state index in [4.69, 9.17) is 17.3 Å². The lowest BCUT2D eigenvalue weighted by Gasteiger charge is -2.37. The number of amidine groups is 1. The number of benzene rings is 1. The van der Waals surface area contributed by atoms with Crippen LogP contribution in [0.15, 0.2) is 35.3 Å². The Morgan fingerprint density at radius 3 is 2.66 bits per heavy atom. The Kier molecular flexibility index (Phi) is 5.53. The average molecular weight is 458 g/mol. The van der Waals surface area contributed by atoms with Crippen LogP contribution in [0.3, 0.4) is 0 Å². The van der Waals surface area contributed by atoms with E-state index < -0.39 is 26.0 Å². The monoisotopic (exact) mass is 457 g/mol. The number of halogens is 2. The molecule has 0 saturated heterocycles. The van der Waals surface area contributed by atoms with E-state index in [9.17, 15) is 17.6 Å². The van der Waals surface area contributed by atoms with Gasteiger partial charge in [0.05, 0.1) is 20.5 Å². The first-order chi connectivity index (χ1) is 13.4. The second-order valence-electron chi connectivity index (χ2n) is 7.64. The summed E-state index contributed by atoms with van der Waals surface area (Å²) in [6, 6.07) is 7.39. The minimum Gasteiger partial charge on any atom is -0.386 e. The van der Waals surface area contributed by atoms with Crippen molar-refractivity contribution >= 4 is 44.5 Å². The SMILES string of the molecule is CC1(c2sc(C(=O)NCc3cccc(F)c3)cc2Cl)CS(=O)(=O)C(C)(C)C(N)=N1. The van der Waals surface area contributed by atoms with Crippen LogP contribution in [0.4, 0.5) is 4.39 Å². The third-order valence-electron chi connectivity index (χ3n) is 4.97. The largest absolute Gasteiger partial charge is 0.386 e. The molecule has 0 spiro atoms. The van der Waals surface area contributed by atoms with E-state index >= 15 is 0 Å². The summed E-state index contributed by atoms with van der Waals surface area (Å²) in [7, 11) is -3.59. The Bertz CT molecular complexity index is 1110. The molecule has 3 N–H and O–H groups in total. The summed E-state index contributed by atoms with van der Waals surface area (Å²) in [5.74, 6) is -1.04. The first-order valence-electron chi connectivity index (χ1n) is 8.76. The van der Waals surface area contributed by atoms with Crippen LogP contribution in [0, 0.1) is 5.82 Å². The van der Waals surface area contributed by atoms with Gasteiger partial charge < -0.3 is 11.1 Å². The molecule has 156 valence electrons. The maximum Gasteiger partial charge on any atom is 0.261 e. The Balaban J connectivity index is 1.86. The lowest BCUT2D eigenvalue weighted by atomic mass is 10.0. The van der Waals surface area contributed by atoms with E-state index in [0.29, 0.717) is 15.3 Å². The summed E-state index contributed by atoms with van der Waals surface area (Å²) in [4.78, 5) is 17.7. The smallest absolute Gasteiger partial charge is 0.261 e. The molecule has 1 amide bonds. The van der Waals surface area contributed by atoms with E-state index in [1.807, 2.05) is 0 Å². The first kappa shape index (κ1) is 21.7. The van der Waals surface area contributed by atoms with Crippen LogP contribution in [0.2, 0.25) is 5.02 Å². The lowest BCUT2D eigenvalue weighted by Crippen LogP contribution is -2.54. The molecule has 1 aliphatic rings. The van der Waals surface area contributed by atoms with Gasteiger partial charge in [0.15, 0.2) is 9.84 Å². The Morgan fingerprint density at radius 1 is 1.34 bits per heavy atom. The molecule has 1 unspecified atom stereocenters. The van der Waals surface area contributed by atoms with Crippen molar-refractivity contribution in [3.8, 4) is 0 Å².